The monoisotopic (exact) mass is 287 g/mol. The molecule has 0 unspecified atom stereocenters. The Morgan fingerprint density at radius 1 is 1.29 bits per heavy atom. The van der Waals surface area contributed by atoms with Crippen molar-refractivity contribution in [3.05, 3.63) is 29.5 Å². The smallest absolute Gasteiger partial charge is 0.314 e. The van der Waals surface area contributed by atoms with E-state index >= 15 is 0 Å². The van der Waals surface area contributed by atoms with E-state index in [1.807, 2.05) is 25.3 Å². The fourth-order valence-corrected chi connectivity index (χ4v) is 3.70. The number of carbonyl (C=O) groups is 1. The van der Waals surface area contributed by atoms with Crippen molar-refractivity contribution in [3.8, 4) is 5.75 Å². The third-order valence-corrected chi connectivity index (χ3v) is 4.83. The number of H-pyrrole nitrogens is 1. The highest BCUT2D eigenvalue weighted by Crippen LogP contribution is 2.46. The zero-order valence-corrected chi connectivity index (χ0v) is 12.5. The average molecular weight is 287 g/mol. The molecule has 3 rings (SSSR count). The highest BCUT2D eigenvalue weighted by atomic mass is 16.5. The molecular formula is C17H21NO3. The quantitative estimate of drug-likeness (QED) is 0.903. The summed E-state index contributed by atoms with van der Waals surface area (Å²) in [6, 6.07) is 3.90. The number of carboxylic acids is 1. The van der Waals surface area contributed by atoms with Gasteiger partial charge in [0.1, 0.15) is 5.75 Å². The van der Waals surface area contributed by atoms with Gasteiger partial charge in [-0.15, -0.1) is 0 Å². The van der Waals surface area contributed by atoms with Crippen LogP contribution in [0, 0.1) is 6.92 Å². The first kappa shape index (κ1) is 14.0. The third-order valence-electron chi connectivity index (χ3n) is 4.83. The van der Waals surface area contributed by atoms with Gasteiger partial charge < -0.3 is 14.8 Å². The number of hydrogen-bond acceptors (Lipinski definition) is 2. The van der Waals surface area contributed by atoms with Gasteiger partial charge in [0, 0.05) is 22.7 Å². The van der Waals surface area contributed by atoms with Gasteiger partial charge in [-0.05, 0) is 31.4 Å². The number of methoxy groups -OCH3 is 1. The van der Waals surface area contributed by atoms with Crippen molar-refractivity contribution in [2.45, 2.75) is 44.4 Å². The summed E-state index contributed by atoms with van der Waals surface area (Å²) >= 11 is 0. The number of carboxylic acid groups (broad SMARTS) is 1. The fourth-order valence-electron chi connectivity index (χ4n) is 3.70. The molecule has 2 N–H and O–H groups in total. The number of aryl methyl sites for hydroxylation is 1. The molecule has 112 valence electrons. The van der Waals surface area contributed by atoms with E-state index in [9.17, 15) is 9.90 Å². The van der Waals surface area contributed by atoms with Crippen LogP contribution in [0.25, 0.3) is 10.9 Å². The molecule has 0 atom stereocenters. The summed E-state index contributed by atoms with van der Waals surface area (Å²) in [5.41, 5.74) is 2.10. The van der Waals surface area contributed by atoms with Gasteiger partial charge in [0.15, 0.2) is 0 Å². The summed E-state index contributed by atoms with van der Waals surface area (Å²) in [5, 5.41) is 10.9. The number of aliphatic carboxylic acids is 1. The highest BCUT2D eigenvalue weighted by Gasteiger charge is 2.43. The number of rotatable bonds is 3. The van der Waals surface area contributed by atoms with Gasteiger partial charge in [-0.2, -0.15) is 0 Å². The summed E-state index contributed by atoms with van der Waals surface area (Å²) in [7, 11) is 1.63. The van der Waals surface area contributed by atoms with Gasteiger partial charge in [-0.1, -0.05) is 25.3 Å². The Morgan fingerprint density at radius 3 is 2.62 bits per heavy atom. The largest absolute Gasteiger partial charge is 0.496 e. The SMILES string of the molecule is COc1c(C2(C(=O)O)CCCCC2)ccc2[nH]cc(C)c12. The van der Waals surface area contributed by atoms with Crippen LogP contribution in [-0.4, -0.2) is 23.2 Å². The van der Waals surface area contributed by atoms with Gasteiger partial charge in [0.2, 0.25) is 0 Å². The van der Waals surface area contributed by atoms with E-state index in [2.05, 4.69) is 4.98 Å². The van der Waals surface area contributed by atoms with Gasteiger partial charge in [-0.25, -0.2) is 0 Å². The Labute approximate surface area is 124 Å². The predicted molar refractivity (Wildman–Crippen MR) is 82.0 cm³/mol. The molecule has 0 saturated heterocycles. The Bertz CT molecular complexity index is 681. The van der Waals surface area contributed by atoms with Crippen LogP contribution in [0.3, 0.4) is 0 Å². The summed E-state index contributed by atoms with van der Waals surface area (Å²) in [4.78, 5) is 15.2. The molecule has 1 aliphatic carbocycles. The molecule has 1 heterocycles. The zero-order chi connectivity index (χ0) is 15.0. The Balaban J connectivity index is 2.27. The summed E-state index contributed by atoms with van der Waals surface area (Å²) < 4.78 is 5.64. The van der Waals surface area contributed by atoms with Crippen molar-refractivity contribution in [1.82, 2.24) is 4.98 Å². The molecule has 4 nitrogen and oxygen atoms in total. The molecule has 2 aromatic rings. The van der Waals surface area contributed by atoms with E-state index < -0.39 is 11.4 Å². The summed E-state index contributed by atoms with van der Waals surface area (Å²) in [5.74, 6) is -0.0106. The average Bonchev–Trinajstić information content (AvgIpc) is 2.88. The minimum atomic E-state index is -0.804. The summed E-state index contributed by atoms with van der Waals surface area (Å²) in [6.45, 7) is 2.01. The first-order valence-corrected chi connectivity index (χ1v) is 7.49. The Hall–Kier alpha value is -1.97. The molecule has 0 aliphatic heterocycles. The number of benzene rings is 1. The lowest BCUT2D eigenvalue weighted by molar-refractivity contribution is -0.145. The minimum absolute atomic E-state index is 0.688. The molecule has 1 aromatic heterocycles. The second kappa shape index (κ2) is 5.10. The molecular weight excluding hydrogens is 266 g/mol. The van der Waals surface area contributed by atoms with Crippen molar-refractivity contribution < 1.29 is 14.6 Å². The topological polar surface area (TPSA) is 62.3 Å². The van der Waals surface area contributed by atoms with Gasteiger partial charge >= 0.3 is 5.97 Å². The summed E-state index contributed by atoms with van der Waals surface area (Å²) in [6.07, 6.45) is 6.34. The molecule has 1 saturated carbocycles. The molecule has 0 radical (unpaired) electrons. The van der Waals surface area contributed by atoms with Crippen molar-refractivity contribution in [2.24, 2.45) is 0 Å². The lowest BCUT2D eigenvalue weighted by Crippen LogP contribution is -2.38. The predicted octanol–water partition coefficient (Wildman–Crippen LogP) is 3.77. The maximum Gasteiger partial charge on any atom is 0.314 e. The van der Waals surface area contributed by atoms with Crippen LogP contribution < -0.4 is 4.74 Å². The van der Waals surface area contributed by atoms with E-state index in [0.717, 1.165) is 47.0 Å². The molecule has 0 spiro atoms. The van der Waals surface area contributed by atoms with Crippen LogP contribution in [-0.2, 0) is 10.2 Å². The molecule has 4 heteroatoms. The lowest BCUT2D eigenvalue weighted by atomic mass is 9.69. The van der Waals surface area contributed by atoms with E-state index in [4.69, 9.17) is 4.74 Å². The first-order chi connectivity index (χ1) is 10.1. The van der Waals surface area contributed by atoms with E-state index in [-0.39, 0.29) is 0 Å². The second-order valence-corrected chi connectivity index (χ2v) is 5.99. The second-order valence-electron chi connectivity index (χ2n) is 5.99. The van der Waals surface area contributed by atoms with Crippen LogP contribution in [0.1, 0.15) is 43.2 Å². The molecule has 0 amide bonds. The van der Waals surface area contributed by atoms with Crippen molar-refractivity contribution in [1.29, 1.82) is 0 Å². The van der Waals surface area contributed by atoms with Gasteiger partial charge in [0.25, 0.3) is 0 Å². The number of fused-ring (bicyclic) bond motifs is 1. The minimum Gasteiger partial charge on any atom is -0.496 e. The van der Waals surface area contributed by atoms with Crippen LogP contribution in [0.2, 0.25) is 0 Å². The maximum absolute atomic E-state index is 12.0. The van der Waals surface area contributed by atoms with Gasteiger partial charge in [-0.3, -0.25) is 4.79 Å². The molecule has 0 bridgehead atoms. The van der Waals surface area contributed by atoms with Crippen LogP contribution in [0.4, 0.5) is 0 Å². The highest BCUT2D eigenvalue weighted by molar-refractivity contribution is 5.93. The zero-order valence-electron chi connectivity index (χ0n) is 12.5. The number of aromatic nitrogens is 1. The number of nitrogens with one attached hydrogen (secondary N) is 1. The van der Waals surface area contributed by atoms with E-state index in [0.29, 0.717) is 12.8 Å². The standard InChI is InChI=1S/C17H21NO3/c1-11-10-18-13-7-6-12(15(21-2)14(11)13)17(16(19)20)8-4-3-5-9-17/h6-7,10,18H,3-5,8-9H2,1-2H3,(H,19,20). The first-order valence-electron chi connectivity index (χ1n) is 7.49. The van der Waals surface area contributed by atoms with Gasteiger partial charge in [0.05, 0.1) is 12.5 Å². The fraction of sp³-hybridized carbons (Fsp3) is 0.471. The molecule has 1 fully saturated rings. The maximum atomic E-state index is 12.0. The van der Waals surface area contributed by atoms with Crippen molar-refractivity contribution in [2.75, 3.05) is 7.11 Å². The Morgan fingerprint density at radius 2 is 2.00 bits per heavy atom. The number of ether oxygens (including phenoxy) is 1. The van der Waals surface area contributed by atoms with Crippen molar-refractivity contribution in [3.63, 3.8) is 0 Å². The Kier molecular flexibility index (Phi) is 3.40. The van der Waals surface area contributed by atoms with Crippen LogP contribution in [0.5, 0.6) is 5.75 Å². The normalized spacial score (nSPS) is 17.8. The number of hydrogen-bond donors (Lipinski definition) is 2. The van der Waals surface area contributed by atoms with E-state index in [1.54, 1.807) is 7.11 Å². The van der Waals surface area contributed by atoms with Crippen LogP contribution >= 0.6 is 0 Å². The molecule has 1 aromatic carbocycles. The number of aromatic amines is 1. The molecule has 21 heavy (non-hydrogen) atoms. The van der Waals surface area contributed by atoms with Crippen molar-refractivity contribution >= 4 is 16.9 Å². The lowest BCUT2D eigenvalue weighted by Gasteiger charge is -2.34. The van der Waals surface area contributed by atoms with Crippen LogP contribution in [0.15, 0.2) is 18.3 Å². The molecule has 1 aliphatic rings. The third kappa shape index (κ3) is 2.01. The van der Waals surface area contributed by atoms with E-state index in [1.165, 1.54) is 0 Å².